The Kier molecular flexibility index (Phi) is 10.3. The van der Waals surface area contributed by atoms with E-state index >= 15 is 0 Å². The minimum Gasteiger partial charge on any atom is -0.497 e. The smallest absolute Gasteiger partial charge is 0.264 e. The second-order valence-electron chi connectivity index (χ2n) is 11.0. The SMILES string of the molecule is COc1ccc(CN(C(=O)CN(c2ccc(C)c(C)c2)S(=O)(=O)c2ccccc2)[C@H](C)C(=O)NC2CCCCC2)cc1. The van der Waals surface area contributed by atoms with Crippen molar-refractivity contribution >= 4 is 27.5 Å². The second kappa shape index (κ2) is 13.9. The van der Waals surface area contributed by atoms with Crippen LogP contribution in [0.5, 0.6) is 5.75 Å². The normalized spacial score (nSPS) is 14.6. The van der Waals surface area contributed by atoms with Gasteiger partial charge in [-0.05, 0) is 86.7 Å². The molecule has 2 amide bonds. The topological polar surface area (TPSA) is 96.0 Å². The van der Waals surface area contributed by atoms with Gasteiger partial charge in [-0.2, -0.15) is 0 Å². The summed E-state index contributed by atoms with van der Waals surface area (Å²) in [6.07, 6.45) is 5.13. The summed E-state index contributed by atoms with van der Waals surface area (Å²) >= 11 is 0. The van der Waals surface area contributed by atoms with E-state index in [1.165, 1.54) is 17.0 Å². The molecule has 0 radical (unpaired) electrons. The first kappa shape index (κ1) is 31.1. The molecule has 3 aromatic rings. The predicted octanol–water partition coefficient (Wildman–Crippen LogP) is 5.37. The standard InChI is InChI=1S/C33H41N3O5S/c1-24-15-18-29(21-25(24)2)36(42(39,40)31-13-9-6-10-14-31)23-32(37)35(22-27-16-19-30(41-4)20-17-27)26(3)33(38)34-28-11-7-5-8-12-28/h6,9-10,13-21,26,28H,5,7-8,11-12,22-23H2,1-4H3,(H,34,38)/t26-/m1/s1. The largest absolute Gasteiger partial charge is 0.497 e. The Morgan fingerprint density at radius 2 is 1.60 bits per heavy atom. The molecule has 1 saturated carbocycles. The van der Waals surface area contributed by atoms with Gasteiger partial charge in [-0.1, -0.05) is 55.7 Å². The van der Waals surface area contributed by atoms with Gasteiger partial charge in [0.15, 0.2) is 0 Å². The Hall–Kier alpha value is -3.85. The maximum absolute atomic E-state index is 14.1. The Balaban J connectivity index is 1.68. The number of hydrogen-bond acceptors (Lipinski definition) is 5. The van der Waals surface area contributed by atoms with Gasteiger partial charge in [0.05, 0.1) is 17.7 Å². The molecule has 0 saturated heterocycles. The lowest BCUT2D eigenvalue weighted by Gasteiger charge is -2.33. The number of amides is 2. The molecule has 9 heteroatoms. The third kappa shape index (κ3) is 7.50. The monoisotopic (exact) mass is 591 g/mol. The third-order valence-corrected chi connectivity index (χ3v) is 9.81. The minimum absolute atomic E-state index is 0.0807. The molecule has 0 aromatic heterocycles. The zero-order valence-electron chi connectivity index (χ0n) is 24.9. The van der Waals surface area contributed by atoms with Gasteiger partial charge >= 0.3 is 0 Å². The Morgan fingerprint density at radius 1 is 0.929 bits per heavy atom. The molecule has 0 aliphatic heterocycles. The maximum Gasteiger partial charge on any atom is 0.264 e. The Bertz CT molecular complexity index is 1470. The van der Waals surface area contributed by atoms with Crippen LogP contribution in [0.2, 0.25) is 0 Å². The lowest BCUT2D eigenvalue weighted by molar-refractivity contribution is -0.139. The van der Waals surface area contributed by atoms with Crippen molar-refractivity contribution in [3.63, 3.8) is 0 Å². The predicted molar refractivity (Wildman–Crippen MR) is 165 cm³/mol. The van der Waals surface area contributed by atoms with Crippen LogP contribution >= 0.6 is 0 Å². The average molecular weight is 592 g/mol. The maximum atomic E-state index is 14.1. The highest BCUT2D eigenvalue weighted by atomic mass is 32.2. The summed E-state index contributed by atoms with van der Waals surface area (Å²) in [4.78, 5) is 29.1. The molecule has 1 atom stereocenters. The molecule has 0 heterocycles. The van der Waals surface area contributed by atoms with Gasteiger partial charge in [-0.3, -0.25) is 13.9 Å². The number of ether oxygens (including phenoxy) is 1. The highest BCUT2D eigenvalue weighted by Gasteiger charge is 2.33. The number of carbonyl (C=O) groups is 2. The fourth-order valence-electron chi connectivity index (χ4n) is 5.21. The van der Waals surface area contributed by atoms with E-state index in [0.29, 0.717) is 11.4 Å². The van der Waals surface area contributed by atoms with E-state index in [0.717, 1.165) is 53.1 Å². The molecule has 42 heavy (non-hydrogen) atoms. The number of nitrogens with one attached hydrogen (secondary N) is 1. The fourth-order valence-corrected chi connectivity index (χ4v) is 6.64. The summed E-state index contributed by atoms with van der Waals surface area (Å²) in [5, 5.41) is 3.13. The summed E-state index contributed by atoms with van der Waals surface area (Å²) in [5.41, 5.74) is 3.10. The quantitative estimate of drug-likeness (QED) is 0.323. The van der Waals surface area contributed by atoms with Gasteiger partial charge in [-0.25, -0.2) is 8.42 Å². The highest BCUT2D eigenvalue weighted by molar-refractivity contribution is 7.92. The van der Waals surface area contributed by atoms with Crippen molar-refractivity contribution in [2.45, 2.75) is 76.4 Å². The molecule has 1 aliphatic carbocycles. The molecule has 1 N–H and O–H groups in total. The number of methoxy groups -OCH3 is 1. The zero-order valence-corrected chi connectivity index (χ0v) is 25.7. The number of rotatable bonds is 11. The number of hydrogen-bond donors (Lipinski definition) is 1. The van der Waals surface area contributed by atoms with E-state index in [1.807, 2.05) is 32.0 Å². The minimum atomic E-state index is -4.09. The fraction of sp³-hybridized carbons (Fsp3) is 0.394. The molecule has 0 bridgehead atoms. The van der Waals surface area contributed by atoms with Gasteiger partial charge < -0.3 is 15.0 Å². The van der Waals surface area contributed by atoms with Gasteiger partial charge in [0, 0.05) is 12.6 Å². The van der Waals surface area contributed by atoms with Crippen LogP contribution in [-0.4, -0.2) is 50.9 Å². The molecule has 1 aliphatic rings. The van der Waals surface area contributed by atoms with Crippen molar-refractivity contribution in [3.8, 4) is 5.75 Å². The first-order valence-electron chi connectivity index (χ1n) is 14.5. The summed E-state index contributed by atoms with van der Waals surface area (Å²) in [7, 11) is -2.51. The second-order valence-corrected chi connectivity index (χ2v) is 12.8. The number of benzene rings is 3. The first-order chi connectivity index (χ1) is 20.1. The highest BCUT2D eigenvalue weighted by Crippen LogP contribution is 2.27. The van der Waals surface area contributed by atoms with Crippen LogP contribution in [0.15, 0.2) is 77.7 Å². The van der Waals surface area contributed by atoms with Crippen molar-refractivity contribution in [3.05, 3.63) is 89.5 Å². The third-order valence-electron chi connectivity index (χ3n) is 8.02. The lowest BCUT2D eigenvalue weighted by atomic mass is 9.95. The van der Waals surface area contributed by atoms with Crippen molar-refractivity contribution < 1.29 is 22.7 Å². The van der Waals surface area contributed by atoms with Crippen LogP contribution in [0, 0.1) is 13.8 Å². The number of nitrogens with zero attached hydrogens (tertiary/aromatic N) is 2. The molecule has 0 spiro atoms. The number of sulfonamides is 1. The van der Waals surface area contributed by atoms with Crippen LogP contribution in [-0.2, 0) is 26.2 Å². The summed E-state index contributed by atoms with van der Waals surface area (Å²) in [6.45, 7) is 5.22. The molecule has 4 rings (SSSR count). The van der Waals surface area contributed by atoms with Crippen LogP contribution in [0.4, 0.5) is 5.69 Å². The summed E-state index contributed by atoms with van der Waals surface area (Å²) < 4.78 is 34.3. The molecular weight excluding hydrogens is 550 g/mol. The van der Waals surface area contributed by atoms with Crippen molar-refractivity contribution in [1.29, 1.82) is 0 Å². The van der Waals surface area contributed by atoms with Crippen LogP contribution in [0.3, 0.4) is 0 Å². The van der Waals surface area contributed by atoms with E-state index in [9.17, 15) is 18.0 Å². The van der Waals surface area contributed by atoms with Gasteiger partial charge in [0.1, 0.15) is 18.3 Å². The van der Waals surface area contributed by atoms with Gasteiger partial charge in [0.2, 0.25) is 11.8 Å². The van der Waals surface area contributed by atoms with Crippen molar-refractivity contribution in [2.75, 3.05) is 18.0 Å². The number of anilines is 1. The van der Waals surface area contributed by atoms with Crippen molar-refractivity contribution in [2.24, 2.45) is 0 Å². The zero-order chi connectivity index (χ0) is 30.3. The van der Waals surface area contributed by atoms with E-state index in [4.69, 9.17) is 4.74 Å². The molecule has 8 nitrogen and oxygen atoms in total. The lowest BCUT2D eigenvalue weighted by Crippen LogP contribution is -2.53. The van der Waals surface area contributed by atoms with Gasteiger partial charge in [0.25, 0.3) is 10.0 Å². The molecular formula is C33H41N3O5S. The summed E-state index contributed by atoms with van der Waals surface area (Å²) in [6, 6.07) is 20.0. The molecule has 3 aromatic carbocycles. The Morgan fingerprint density at radius 3 is 2.21 bits per heavy atom. The molecule has 224 valence electrons. The van der Waals surface area contributed by atoms with E-state index < -0.39 is 28.5 Å². The summed E-state index contributed by atoms with van der Waals surface area (Å²) in [5.74, 6) is -0.0446. The van der Waals surface area contributed by atoms with Gasteiger partial charge in [-0.15, -0.1) is 0 Å². The average Bonchev–Trinajstić information content (AvgIpc) is 3.00. The molecule has 0 unspecified atom stereocenters. The van der Waals surface area contributed by atoms with E-state index in [1.54, 1.807) is 56.5 Å². The van der Waals surface area contributed by atoms with Crippen LogP contribution in [0.1, 0.15) is 55.7 Å². The molecule has 1 fully saturated rings. The number of aryl methyl sites for hydroxylation is 2. The Labute approximate surface area is 249 Å². The van der Waals surface area contributed by atoms with Crippen LogP contribution < -0.4 is 14.4 Å². The van der Waals surface area contributed by atoms with E-state index in [-0.39, 0.29) is 23.4 Å². The number of carbonyl (C=O) groups excluding carboxylic acids is 2. The van der Waals surface area contributed by atoms with Crippen molar-refractivity contribution in [1.82, 2.24) is 10.2 Å². The van der Waals surface area contributed by atoms with E-state index in [2.05, 4.69) is 5.32 Å². The van der Waals surface area contributed by atoms with Crippen LogP contribution in [0.25, 0.3) is 0 Å². The first-order valence-corrected chi connectivity index (χ1v) is 15.9.